The Labute approximate surface area is 171 Å². The number of carbonyl (C=O) groups is 1. The van der Waals surface area contributed by atoms with E-state index in [9.17, 15) is 13.2 Å². The van der Waals surface area contributed by atoms with Crippen molar-refractivity contribution in [3.05, 3.63) is 53.6 Å². The van der Waals surface area contributed by atoms with E-state index in [0.29, 0.717) is 5.75 Å². The average Bonchev–Trinajstić information content (AvgIpc) is 2.73. The molecule has 0 fully saturated rings. The Bertz CT molecular complexity index is 972. The zero-order valence-corrected chi connectivity index (χ0v) is 17.7. The molecule has 0 bridgehead atoms. The molecule has 0 saturated heterocycles. The van der Waals surface area contributed by atoms with Gasteiger partial charge in [-0.15, -0.1) is 0 Å². The highest BCUT2D eigenvalue weighted by Crippen LogP contribution is 2.30. The summed E-state index contributed by atoms with van der Waals surface area (Å²) in [5.41, 5.74) is 4.36. The topological polar surface area (TPSA) is 97.3 Å². The predicted molar refractivity (Wildman–Crippen MR) is 111 cm³/mol. The zero-order chi connectivity index (χ0) is 21.4. The molecule has 0 radical (unpaired) electrons. The summed E-state index contributed by atoms with van der Waals surface area (Å²) in [7, 11) is 0.302. The van der Waals surface area contributed by atoms with Crippen LogP contribution in [0.2, 0.25) is 0 Å². The summed E-state index contributed by atoms with van der Waals surface area (Å²) >= 11 is 0. The van der Waals surface area contributed by atoms with E-state index in [1.165, 1.54) is 51.2 Å². The molecule has 0 atom stereocenters. The number of nitrogens with zero attached hydrogens (tertiary/aromatic N) is 2. The molecule has 2 aromatic carbocycles. The minimum Gasteiger partial charge on any atom is -0.493 e. The van der Waals surface area contributed by atoms with Crippen LogP contribution in [0.15, 0.2) is 52.5 Å². The molecular weight excluding hydrogens is 394 g/mol. The molecule has 156 valence electrons. The van der Waals surface area contributed by atoms with Crippen molar-refractivity contribution >= 4 is 22.1 Å². The first-order chi connectivity index (χ1) is 13.8. The van der Waals surface area contributed by atoms with Crippen molar-refractivity contribution < 1.29 is 22.7 Å². The maximum atomic E-state index is 12.7. The van der Waals surface area contributed by atoms with Crippen LogP contribution < -0.4 is 14.9 Å². The molecule has 1 amide bonds. The summed E-state index contributed by atoms with van der Waals surface area (Å²) < 4.78 is 36.6. The minimum absolute atomic E-state index is 0.00929. The first-order valence-electron chi connectivity index (χ1n) is 8.91. The monoisotopic (exact) mass is 419 g/mol. The van der Waals surface area contributed by atoms with Crippen LogP contribution >= 0.6 is 0 Å². The second kappa shape index (κ2) is 10.0. The second-order valence-electron chi connectivity index (χ2n) is 6.17. The van der Waals surface area contributed by atoms with E-state index >= 15 is 0 Å². The van der Waals surface area contributed by atoms with Crippen molar-refractivity contribution in [3.8, 4) is 11.5 Å². The lowest BCUT2D eigenvalue weighted by atomic mass is 10.1. The number of benzene rings is 2. The third kappa shape index (κ3) is 5.78. The summed E-state index contributed by atoms with van der Waals surface area (Å²) in [6.07, 6.45) is 2.44. The fraction of sp³-hybridized carbons (Fsp3) is 0.300. The highest BCUT2D eigenvalue weighted by Gasteiger charge is 2.24. The Hall–Kier alpha value is -2.91. The summed E-state index contributed by atoms with van der Waals surface area (Å²) in [4.78, 5) is 12.1. The van der Waals surface area contributed by atoms with Gasteiger partial charge in [0.25, 0.3) is 5.91 Å². The molecule has 8 nitrogen and oxygen atoms in total. The maximum absolute atomic E-state index is 12.7. The van der Waals surface area contributed by atoms with Crippen molar-refractivity contribution in [2.24, 2.45) is 5.10 Å². The Morgan fingerprint density at radius 2 is 1.76 bits per heavy atom. The van der Waals surface area contributed by atoms with E-state index in [1.807, 2.05) is 24.3 Å². The number of methoxy groups -OCH3 is 2. The van der Waals surface area contributed by atoms with Crippen LogP contribution in [-0.4, -0.2) is 52.7 Å². The van der Waals surface area contributed by atoms with Gasteiger partial charge in [-0.1, -0.05) is 31.2 Å². The van der Waals surface area contributed by atoms with Gasteiger partial charge < -0.3 is 9.47 Å². The molecule has 0 aliphatic heterocycles. The van der Waals surface area contributed by atoms with Crippen LogP contribution in [0.5, 0.6) is 11.5 Å². The van der Waals surface area contributed by atoms with Crippen LogP contribution in [0.1, 0.15) is 18.1 Å². The SMILES string of the molecule is CCc1ccc(/C=N\NC(=O)CN(C)S(=O)(=O)c2ccc(OC)c(OC)c2)cc1. The first-order valence-corrected chi connectivity index (χ1v) is 10.3. The lowest BCUT2D eigenvalue weighted by Gasteiger charge is -2.17. The fourth-order valence-electron chi connectivity index (χ4n) is 2.50. The number of aryl methyl sites for hydroxylation is 1. The molecule has 0 aliphatic carbocycles. The summed E-state index contributed by atoms with van der Waals surface area (Å²) in [5, 5.41) is 3.87. The highest BCUT2D eigenvalue weighted by molar-refractivity contribution is 7.89. The molecule has 2 rings (SSSR count). The zero-order valence-electron chi connectivity index (χ0n) is 16.9. The van der Waals surface area contributed by atoms with Gasteiger partial charge in [-0.3, -0.25) is 4.79 Å². The van der Waals surface area contributed by atoms with Crippen LogP contribution in [0.3, 0.4) is 0 Å². The Morgan fingerprint density at radius 3 is 2.34 bits per heavy atom. The van der Waals surface area contributed by atoms with Gasteiger partial charge in [0.15, 0.2) is 11.5 Å². The summed E-state index contributed by atoms with van der Waals surface area (Å²) in [6.45, 7) is 1.68. The number of sulfonamides is 1. The van der Waals surface area contributed by atoms with Crippen molar-refractivity contribution in [3.63, 3.8) is 0 Å². The third-order valence-electron chi connectivity index (χ3n) is 4.22. The summed E-state index contributed by atoms with van der Waals surface area (Å²) in [6, 6.07) is 12.0. The Morgan fingerprint density at radius 1 is 1.10 bits per heavy atom. The van der Waals surface area contributed by atoms with E-state index in [4.69, 9.17) is 9.47 Å². The molecule has 0 aromatic heterocycles. The summed E-state index contributed by atoms with van der Waals surface area (Å²) in [5.74, 6) is 0.135. The van der Waals surface area contributed by atoms with E-state index < -0.39 is 15.9 Å². The molecule has 0 unspecified atom stereocenters. The second-order valence-corrected chi connectivity index (χ2v) is 8.21. The molecule has 29 heavy (non-hydrogen) atoms. The first kappa shape index (κ1) is 22.4. The number of ether oxygens (including phenoxy) is 2. The van der Waals surface area contributed by atoms with Gasteiger partial charge in [0, 0.05) is 13.1 Å². The normalized spacial score (nSPS) is 11.6. The van der Waals surface area contributed by atoms with Gasteiger partial charge in [0.2, 0.25) is 10.0 Å². The van der Waals surface area contributed by atoms with Gasteiger partial charge in [-0.2, -0.15) is 9.41 Å². The van der Waals surface area contributed by atoms with Crippen molar-refractivity contribution in [1.82, 2.24) is 9.73 Å². The lowest BCUT2D eigenvalue weighted by Crippen LogP contribution is -2.36. The van der Waals surface area contributed by atoms with Crippen molar-refractivity contribution in [2.45, 2.75) is 18.2 Å². The molecule has 2 aromatic rings. The van der Waals surface area contributed by atoms with Gasteiger partial charge in [-0.25, -0.2) is 13.8 Å². The third-order valence-corrected chi connectivity index (χ3v) is 6.02. The Balaban J connectivity index is 2.01. The van der Waals surface area contributed by atoms with Gasteiger partial charge in [-0.05, 0) is 29.7 Å². The highest BCUT2D eigenvalue weighted by atomic mass is 32.2. The molecular formula is C20H25N3O5S. The van der Waals surface area contributed by atoms with Crippen molar-refractivity contribution in [1.29, 1.82) is 0 Å². The number of rotatable bonds is 9. The standard InChI is InChI=1S/C20H25N3O5S/c1-5-15-6-8-16(9-7-15)13-21-22-20(24)14-23(2)29(25,26)17-10-11-18(27-3)19(12-17)28-4/h6-13H,5,14H2,1-4H3,(H,22,24)/b21-13-. The van der Waals surface area contributed by atoms with E-state index in [1.54, 1.807) is 0 Å². The van der Waals surface area contributed by atoms with Gasteiger partial charge in [0.05, 0.1) is 31.9 Å². The number of amides is 1. The van der Waals surface area contributed by atoms with E-state index in [2.05, 4.69) is 17.5 Å². The molecule has 0 spiro atoms. The number of hydrazone groups is 1. The van der Waals surface area contributed by atoms with Crippen LogP contribution in [0.4, 0.5) is 0 Å². The molecule has 0 saturated carbocycles. The number of carbonyl (C=O) groups excluding carboxylic acids is 1. The van der Waals surface area contributed by atoms with E-state index in [-0.39, 0.29) is 17.2 Å². The maximum Gasteiger partial charge on any atom is 0.255 e. The average molecular weight is 420 g/mol. The molecule has 0 aliphatic rings. The molecule has 1 N–H and O–H groups in total. The Kier molecular flexibility index (Phi) is 7.74. The largest absolute Gasteiger partial charge is 0.493 e. The minimum atomic E-state index is -3.89. The van der Waals surface area contributed by atoms with Crippen molar-refractivity contribution in [2.75, 3.05) is 27.8 Å². The number of likely N-dealkylation sites (N-methyl/N-ethyl adjacent to an activating group) is 1. The van der Waals surface area contributed by atoms with Crippen LogP contribution in [0.25, 0.3) is 0 Å². The predicted octanol–water partition coefficient (Wildman–Crippen LogP) is 2.04. The van der Waals surface area contributed by atoms with Crippen LogP contribution in [0, 0.1) is 0 Å². The number of hydrogen-bond donors (Lipinski definition) is 1. The van der Waals surface area contributed by atoms with E-state index in [0.717, 1.165) is 16.3 Å². The van der Waals surface area contributed by atoms with Crippen LogP contribution in [-0.2, 0) is 21.2 Å². The smallest absolute Gasteiger partial charge is 0.255 e. The fourth-order valence-corrected chi connectivity index (χ4v) is 3.64. The molecule has 0 heterocycles. The van der Waals surface area contributed by atoms with Gasteiger partial charge >= 0.3 is 0 Å². The number of nitrogens with one attached hydrogen (secondary N) is 1. The molecule has 9 heteroatoms. The van der Waals surface area contributed by atoms with Gasteiger partial charge in [0.1, 0.15) is 0 Å². The quantitative estimate of drug-likeness (QED) is 0.496. The number of hydrogen-bond acceptors (Lipinski definition) is 6. The lowest BCUT2D eigenvalue weighted by molar-refractivity contribution is -0.121.